The highest BCUT2D eigenvalue weighted by Gasteiger charge is 2.33. The summed E-state index contributed by atoms with van der Waals surface area (Å²) in [5.74, 6) is 0.326. The van der Waals surface area contributed by atoms with Gasteiger partial charge in [0.15, 0.2) is 6.61 Å². The van der Waals surface area contributed by atoms with Crippen molar-refractivity contribution in [1.29, 1.82) is 10.5 Å². The molecule has 2 aromatic rings. The number of carbonyl (C=O) groups excluding carboxylic acids is 1. The largest absolute Gasteiger partial charge is 0.484 e. The lowest BCUT2D eigenvalue weighted by atomic mass is 9.83. The van der Waals surface area contributed by atoms with Crippen molar-refractivity contribution in [2.45, 2.75) is 37.6 Å². The number of benzene rings is 2. The van der Waals surface area contributed by atoms with Crippen molar-refractivity contribution in [2.24, 2.45) is 0 Å². The van der Waals surface area contributed by atoms with Crippen LogP contribution in [0.4, 0.5) is 0 Å². The van der Waals surface area contributed by atoms with Gasteiger partial charge in [-0.3, -0.25) is 4.79 Å². The van der Waals surface area contributed by atoms with Crippen LogP contribution in [0.15, 0.2) is 48.5 Å². The number of nitrogens with zero attached hydrogens (tertiary/aromatic N) is 2. The molecule has 3 rings (SSSR count). The zero-order valence-electron chi connectivity index (χ0n) is 15.1. The average Bonchev–Trinajstić information content (AvgIpc) is 2.73. The van der Waals surface area contributed by atoms with E-state index >= 15 is 0 Å². The lowest BCUT2D eigenvalue weighted by Gasteiger charge is -2.31. The number of amides is 1. The molecule has 1 aliphatic rings. The zero-order valence-corrected chi connectivity index (χ0v) is 15.1. The predicted molar refractivity (Wildman–Crippen MR) is 102 cm³/mol. The van der Waals surface area contributed by atoms with Gasteiger partial charge < -0.3 is 10.1 Å². The monoisotopic (exact) mass is 359 g/mol. The molecule has 1 N–H and O–H groups in total. The zero-order chi connectivity index (χ0) is 19.1. The van der Waals surface area contributed by atoms with Crippen LogP contribution in [0, 0.1) is 22.7 Å². The first-order valence-corrected chi connectivity index (χ1v) is 9.10. The third-order valence-corrected chi connectivity index (χ3v) is 4.87. The number of hydrogen-bond acceptors (Lipinski definition) is 4. The van der Waals surface area contributed by atoms with E-state index in [1.54, 1.807) is 12.1 Å². The van der Waals surface area contributed by atoms with E-state index in [4.69, 9.17) is 10.00 Å². The van der Waals surface area contributed by atoms with E-state index in [-0.39, 0.29) is 12.5 Å². The van der Waals surface area contributed by atoms with E-state index in [0.717, 1.165) is 30.4 Å². The number of carbonyl (C=O) groups is 1. The van der Waals surface area contributed by atoms with Crippen molar-refractivity contribution in [3.8, 4) is 29.0 Å². The van der Waals surface area contributed by atoms with Crippen LogP contribution in [-0.4, -0.2) is 18.1 Å². The van der Waals surface area contributed by atoms with Gasteiger partial charge >= 0.3 is 0 Å². The topological polar surface area (TPSA) is 85.9 Å². The normalized spacial score (nSPS) is 15.2. The molecule has 0 radical (unpaired) electrons. The fourth-order valence-corrected chi connectivity index (χ4v) is 3.35. The summed E-state index contributed by atoms with van der Waals surface area (Å²) in [7, 11) is 0. The van der Waals surface area contributed by atoms with Crippen LogP contribution in [0.3, 0.4) is 0 Å². The molecule has 0 spiro atoms. The molecule has 5 heteroatoms. The summed E-state index contributed by atoms with van der Waals surface area (Å²) >= 11 is 0. The van der Waals surface area contributed by atoms with Crippen LogP contribution in [0.5, 0.6) is 5.75 Å². The van der Waals surface area contributed by atoms with Gasteiger partial charge in [0, 0.05) is 0 Å². The molecule has 0 aromatic heterocycles. The van der Waals surface area contributed by atoms with Crippen molar-refractivity contribution in [2.75, 3.05) is 6.61 Å². The lowest BCUT2D eigenvalue weighted by Crippen LogP contribution is -2.50. The second kappa shape index (κ2) is 8.38. The Labute approximate surface area is 159 Å². The second-order valence-corrected chi connectivity index (χ2v) is 6.80. The van der Waals surface area contributed by atoms with E-state index in [1.165, 1.54) is 0 Å². The molecule has 1 fully saturated rings. The highest BCUT2D eigenvalue weighted by Crippen LogP contribution is 2.27. The summed E-state index contributed by atoms with van der Waals surface area (Å²) in [6.45, 7) is -0.111. The molecule has 0 bridgehead atoms. The standard InChI is InChI=1S/C22H21N3O2/c23-14-17-4-6-18(7-5-17)19-8-10-20(11-9-19)27-15-21(26)25-22(16-24)12-2-1-3-13-22/h4-11H,1-3,12-13,15H2,(H,25,26). The Hall–Kier alpha value is -3.31. The summed E-state index contributed by atoms with van der Waals surface area (Å²) in [5, 5.41) is 21.1. The molecule has 27 heavy (non-hydrogen) atoms. The molecule has 1 amide bonds. The van der Waals surface area contributed by atoms with Crippen molar-refractivity contribution < 1.29 is 9.53 Å². The third kappa shape index (κ3) is 4.65. The Balaban J connectivity index is 1.56. The minimum absolute atomic E-state index is 0.111. The fourth-order valence-electron chi connectivity index (χ4n) is 3.35. The Morgan fingerprint density at radius 2 is 1.56 bits per heavy atom. The first-order chi connectivity index (χ1) is 13.1. The summed E-state index contributed by atoms with van der Waals surface area (Å²) in [6, 6.07) is 19.2. The average molecular weight is 359 g/mol. The number of ether oxygens (including phenoxy) is 1. The predicted octanol–water partition coefficient (Wildman–Crippen LogP) is 3.95. The lowest BCUT2D eigenvalue weighted by molar-refractivity contribution is -0.124. The first-order valence-electron chi connectivity index (χ1n) is 9.10. The molecule has 136 valence electrons. The van der Waals surface area contributed by atoms with E-state index in [9.17, 15) is 10.1 Å². The molecule has 2 aromatic carbocycles. The number of rotatable bonds is 5. The molecule has 1 aliphatic carbocycles. The highest BCUT2D eigenvalue weighted by molar-refractivity contribution is 5.79. The van der Waals surface area contributed by atoms with E-state index in [0.29, 0.717) is 24.2 Å². The van der Waals surface area contributed by atoms with Gasteiger partial charge in [-0.1, -0.05) is 43.5 Å². The van der Waals surface area contributed by atoms with Crippen molar-refractivity contribution in [3.63, 3.8) is 0 Å². The molecule has 0 aliphatic heterocycles. The fraction of sp³-hybridized carbons (Fsp3) is 0.318. The summed E-state index contributed by atoms with van der Waals surface area (Å²) in [5.41, 5.74) is 1.89. The second-order valence-electron chi connectivity index (χ2n) is 6.80. The van der Waals surface area contributed by atoms with Crippen LogP contribution in [0.25, 0.3) is 11.1 Å². The van der Waals surface area contributed by atoms with Crippen LogP contribution < -0.4 is 10.1 Å². The molecule has 5 nitrogen and oxygen atoms in total. The van der Waals surface area contributed by atoms with Gasteiger partial charge in [0.2, 0.25) is 0 Å². The Morgan fingerprint density at radius 3 is 2.11 bits per heavy atom. The molecular weight excluding hydrogens is 338 g/mol. The van der Waals surface area contributed by atoms with Crippen LogP contribution >= 0.6 is 0 Å². The van der Waals surface area contributed by atoms with Gasteiger partial charge in [-0.15, -0.1) is 0 Å². The van der Waals surface area contributed by atoms with Gasteiger partial charge in [0.05, 0.1) is 17.7 Å². The highest BCUT2D eigenvalue weighted by atomic mass is 16.5. The van der Waals surface area contributed by atoms with Crippen LogP contribution in [0.1, 0.15) is 37.7 Å². The van der Waals surface area contributed by atoms with Crippen molar-refractivity contribution in [3.05, 3.63) is 54.1 Å². The summed E-state index contributed by atoms with van der Waals surface area (Å²) < 4.78 is 5.56. The van der Waals surface area contributed by atoms with Gasteiger partial charge in [0.25, 0.3) is 5.91 Å². The van der Waals surface area contributed by atoms with Crippen molar-refractivity contribution >= 4 is 5.91 Å². The molecule has 0 atom stereocenters. The molecule has 0 saturated heterocycles. The third-order valence-electron chi connectivity index (χ3n) is 4.87. The summed E-state index contributed by atoms with van der Waals surface area (Å²) in [6.07, 6.45) is 4.45. The van der Waals surface area contributed by atoms with Gasteiger partial charge in [-0.2, -0.15) is 10.5 Å². The Kier molecular flexibility index (Phi) is 5.74. The Bertz CT molecular complexity index is 868. The van der Waals surface area contributed by atoms with Gasteiger partial charge in [0.1, 0.15) is 11.3 Å². The molecule has 0 unspecified atom stereocenters. The molecule has 0 heterocycles. The number of hydrogen-bond donors (Lipinski definition) is 1. The maximum atomic E-state index is 12.2. The van der Waals surface area contributed by atoms with Gasteiger partial charge in [-0.25, -0.2) is 0 Å². The maximum Gasteiger partial charge on any atom is 0.259 e. The molecule has 1 saturated carbocycles. The quantitative estimate of drug-likeness (QED) is 0.876. The van der Waals surface area contributed by atoms with Crippen LogP contribution in [-0.2, 0) is 4.79 Å². The first kappa shape index (κ1) is 18.5. The smallest absolute Gasteiger partial charge is 0.259 e. The van der Waals surface area contributed by atoms with E-state index < -0.39 is 5.54 Å². The Morgan fingerprint density at radius 1 is 0.963 bits per heavy atom. The minimum atomic E-state index is -0.738. The number of nitrogens with one attached hydrogen (secondary N) is 1. The van der Waals surface area contributed by atoms with Gasteiger partial charge in [-0.05, 0) is 48.2 Å². The minimum Gasteiger partial charge on any atom is -0.484 e. The molecular formula is C22H21N3O2. The van der Waals surface area contributed by atoms with E-state index in [2.05, 4.69) is 17.5 Å². The van der Waals surface area contributed by atoms with Crippen LogP contribution in [0.2, 0.25) is 0 Å². The van der Waals surface area contributed by atoms with E-state index in [1.807, 2.05) is 36.4 Å². The SMILES string of the molecule is N#Cc1ccc(-c2ccc(OCC(=O)NC3(C#N)CCCCC3)cc2)cc1. The number of nitriles is 2. The maximum absolute atomic E-state index is 12.2. The summed E-state index contributed by atoms with van der Waals surface area (Å²) in [4.78, 5) is 12.2. The van der Waals surface area contributed by atoms with Crippen molar-refractivity contribution in [1.82, 2.24) is 5.32 Å².